The van der Waals surface area contributed by atoms with Gasteiger partial charge in [0.1, 0.15) is 12.2 Å². The highest BCUT2D eigenvalue weighted by Crippen LogP contribution is 2.26. The van der Waals surface area contributed by atoms with E-state index in [0.717, 1.165) is 32.0 Å². The third-order valence-corrected chi connectivity index (χ3v) is 4.87. The largest absolute Gasteiger partial charge is 0.313 e. The van der Waals surface area contributed by atoms with Crippen LogP contribution in [-0.2, 0) is 13.1 Å². The van der Waals surface area contributed by atoms with Crippen molar-refractivity contribution in [2.24, 2.45) is 0 Å². The lowest BCUT2D eigenvalue weighted by Gasteiger charge is -2.32. The summed E-state index contributed by atoms with van der Waals surface area (Å²) in [6.07, 6.45) is 7.99. The van der Waals surface area contributed by atoms with E-state index in [2.05, 4.69) is 67.1 Å². The minimum Gasteiger partial charge on any atom is -0.313 e. The third-order valence-electron chi connectivity index (χ3n) is 4.87. The summed E-state index contributed by atoms with van der Waals surface area (Å²) in [7, 11) is 0. The van der Waals surface area contributed by atoms with Gasteiger partial charge in [-0.05, 0) is 42.6 Å². The van der Waals surface area contributed by atoms with Gasteiger partial charge in [-0.15, -0.1) is 10.2 Å². The lowest BCUT2D eigenvalue weighted by molar-refractivity contribution is 0.194. The van der Waals surface area contributed by atoms with Crippen molar-refractivity contribution in [1.82, 2.24) is 24.6 Å². The number of hydrogen-bond donors (Lipinski definition) is 0. The fraction of sp³-hybridized carbons (Fsp3) is 0.350. The van der Waals surface area contributed by atoms with Crippen LogP contribution in [0, 0.1) is 0 Å². The number of nitrogens with zero attached hydrogens (tertiary/aromatic N) is 5. The van der Waals surface area contributed by atoms with Gasteiger partial charge >= 0.3 is 0 Å². The third kappa shape index (κ3) is 3.94. The van der Waals surface area contributed by atoms with Crippen LogP contribution in [0.25, 0.3) is 0 Å². The molecule has 3 heterocycles. The molecule has 0 N–H and O–H groups in total. The highest BCUT2D eigenvalue weighted by atomic mass is 15.3. The molecule has 0 radical (unpaired) electrons. The first-order chi connectivity index (χ1) is 12.4. The van der Waals surface area contributed by atoms with Crippen molar-refractivity contribution in [3.63, 3.8) is 0 Å². The highest BCUT2D eigenvalue weighted by molar-refractivity contribution is 5.16. The monoisotopic (exact) mass is 333 g/mol. The summed E-state index contributed by atoms with van der Waals surface area (Å²) in [5.74, 6) is 1.56. The van der Waals surface area contributed by atoms with Crippen molar-refractivity contribution in [3.05, 3.63) is 78.1 Å². The van der Waals surface area contributed by atoms with Crippen molar-refractivity contribution in [3.8, 4) is 0 Å². The molecule has 1 saturated heterocycles. The Labute approximate surface area is 148 Å². The van der Waals surface area contributed by atoms with Gasteiger partial charge in [0.2, 0.25) is 0 Å². The Hall–Kier alpha value is -2.53. The zero-order chi connectivity index (χ0) is 16.9. The summed E-state index contributed by atoms with van der Waals surface area (Å²) < 4.78 is 2.20. The lowest BCUT2D eigenvalue weighted by atomic mass is 9.96. The molecule has 0 bridgehead atoms. The molecule has 1 atom stereocenters. The molecule has 4 rings (SSSR count). The molecular formula is C20H23N5. The van der Waals surface area contributed by atoms with E-state index in [0.29, 0.717) is 5.92 Å². The predicted octanol–water partition coefficient (Wildman–Crippen LogP) is 3.10. The van der Waals surface area contributed by atoms with Gasteiger partial charge in [0.25, 0.3) is 0 Å². The smallest absolute Gasteiger partial charge is 0.137 e. The summed E-state index contributed by atoms with van der Waals surface area (Å²) in [6.45, 7) is 4.00. The number of piperidine rings is 1. The van der Waals surface area contributed by atoms with Gasteiger partial charge in [0, 0.05) is 31.4 Å². The maximum absolute atomic E-state index is 4.45. The Balaban J connectivity index is 1.46. The Kier molecular flexibility index (Phi) is 4.84. The summed E-state index contributed by atoms with van der Waals surface area (Å²) in [5.41, 5.74) is 2.61. The van der Waals surface area contributed by atoms with Gasteiger partial charge in [-0.25, -0.2) is 0 Å². The van der Waals surface area contributed by atoms with Crippen LogP contribution >= 0.6 is 0 Å². The summed E-state index contributed by atoms with van der Waals surface area (Å²) in [5, 5.41) is 8.64. The first-order valence-corrected chi connectivity index (χ1v) is 8.91. The molecule has 3 aromatic rings. The van der Waals surface area contributed by atoms with E-state index in [1.54, 1.807) is 0 Å². The Morgan fingerprint density at radius 1 is 0.960 bits per heavy atom. The molecule has 1 aliphatic heterocycles. The van der Waals surface area contributed by atoms with Gasteiger partial charge in [-0.2, -0.15) is 0 Å². The van der Waals surface area contributed by atoms with Crippen molar-refractivity contribution in [2.75, 3.05) is 13.1 Å². The molecule has 1 unspecified atom stereocenters. The molecule has 5 nitrogen and oxygen atoms in total. The average molecular weight is 333 g/mol. The van der Waals surface area contributed by atoms with Crippen LogP contribution in [0.5, 0.6) is 0 Å². The molecular weight excluding hydrogens is 310 g/mol. The van der Waals surface area contributed by atoms with Crippen LogP contribution in [-0.4, -0.2) is 37.7 Å². The average Bonchev–Trinajstić information content (AvgIpc) is 3.12. The van der Waals surface area contributed by atoms with E-state index >= 15 is 0 Å². The fourth-order valence-electron chi connectivity index (χ4n) is 3.64. The molecule has 1 aliphatic rings. The second-order valence-corrected chi connectivity index (χ2v) is 6.73. The molecule has 1 aromatic carbocycles. The standard InChI is InChI=1S/C20H23N5/c1-2-5-17(6-3-1)14-25-16-22-23-20(25)19-7-4-12-24(15-19)13-18-8-10-21-11-9-18/h1-3,5-6,8-11,16,19H,4,7,12-15H2. The van der Waals surface area contributed by atoms with Crippen LogP contribution < -0.4 is 0 Å². The number of hydrogen-bond acceptors (Lipinski definition) is 4. The lowest BCUT2D eigenvalue weighted by Crippen LogP contribution is -2.35. The van der Waals surface area contributed by atoms with E-state index in [1.165, 1.54) is 24.0 Å². The zero-order valence-electron chi connectivity index (χ0n) is 14.3. The molecule has 128 valence electrons. The Bertz CT molecular complexity index is 784. The molecule has 0 spiro atoms. The minimum absolute atomic E-state index is 0.446. The summed E-state index contributed by atoms with van der Waals surface area (Å²) >= 11 is 0. The SMILES string of the molecule is c1ccc(Cn2cnnc2C2CCCN(Cc3ccncc3)C2)cc1. The summed E-state index contributed by atoms with van der Waals surface area (Å²) in [6, 6.07) is 14.7. The molecule has 5 heteroatoms. The van der Waals surface area contributed by atoms with Gasteiger partial charge in [-0.3, -0.25) is 9.88 Å². The Morgan fingerprint density at radius 3 is 2.60 bits per heavy atom. The number of aromatic nitrogens is 4. The van der Waals surface area contributed by atoms with E-state index in [9.17, 15) is 0 Å². The fourth-order valence-corrected chi connectivity index (χ4v) is 3.64. The zero-order valence-corrected chi connectivity index (χ0v) is 14.3. The Morgan fingerprint density at radius 2 is 1.76 bits per heavy atom. The minimum atomic E-state index is 0.446. The molecule has 25 heavy (non-hydrogen) atoms. The first-order valence-electron chi connectivity index (χ1n) is 8.91. The molecule has 0 aliphatic carbocycles. The maximum Gasteiger partial charge on any atom is 0.137 e. The summed E-state index contributed by atoms with van der Waals surface area (Å²) in [4.78, 5) is 6.62. The topological polar surface area (TPSA) is 46.8 Å². The van der Waals surface area contributed by atoms with Crippen molar-refractivity contribution in [2.45, 2.75) is 31.8 Å². The number of rotatable bonds is 5. The van der Waals surface area contributed by atoms with Crippen molar-refractivity contribution in [1.29, 1.82) is 0 Å². The first kappa shape index (κ1) is 16.0. The predicted molar refractivity (Wildman–Crippen MR) is 97.1 cm³/mol. The van der Waals surface area contributed by atoms with E-state index in [-0.39, 0.29) is 0 Å². The van der Waals surface area contributed by atoms with Crippen molar-refractivity contribution >= 4 is 0 Å². The number of benzene rings is 1. The number of pyridine rings is 1. The molecule has 2 aromatic heterocycles. The molecule has 0 saturated carbocycles. The van der Waals surface area contributed by atoms with Gasteiger partial charge in [-0.1, -0.05) is 30.3 Å². The maximum atomic E-state index is 4.45. The highest BCUT2D eigenvalue weighted by Gasteiger charge is 2.25. The van der Waals surface area contributed by atoms with Gasteiger partial charge < -0.3 is 4.57 Å². The quantitative estimate of drug-likeness (QED) is 0.720. The molecule has 0 amide bonds. The normalized spacial score (nSPS) is 18.3. The van der Waals surface area contributed by atoms with Gasteiger partial charge in [0.05, 0.1) is 6.54 Å². The van der Waals surface area contributed by atoms with Crippen LogP contribution in [0.1, 0.15) is 35.7 Å². The van der Waals surface area contributed by atoms with E-state index < -0.39 is 0 Å². The van der Waals surface area contributed by atoms with Gasteiger partial charge in [0.15, 0.2) is 0 Å². The van der Waals surface area contributed by atoms with Crippen LogP contribution in [0.3, 0.4) is 0 Å². The second kappa shape index (κ2) is 7.57. The van der Waals surface area contributed by atoms with Crippen molar-refractivity contribution < 1.29 is 0 Å². The van der Waals surface area contributed by atoms with E-state index in [1.807, 2.05) is 18.7 Å². The van der Waals surface area contributed by atoms with Crippen LogP contribution in [0.2, 0.25) is 0 Å². The van der Waals surface area contributed by atoms with Crippen LogP contribution in [0.4, 0.5) is 0 Å². The van der Waals surface area contributed by atoms with E-state index in [4.69, 9.17) is 0 Å². The second-order valence-electron chi connectivity index (χ2n) is 6.73. The van der Waals surface area contributed by atoms with Crippen LogP contribution in [0.15, 0.2) is 61.2 Å². The molecule has 1 fully saturated rings. The number of likely N-dealkylation sites (tertiary alicyclic amines) is 1.